The first kappa shape index (κ1) is 14.1. The van der Waals surface area contributed by atoms with Crippen molar-refractivity contribution in [3.8, 4) is 0 Å². The Labute approximate surface area is 122 Å². The maximum atomic E-state index is 10.5. The predicted octanol–water partition coefficient (Wildman–Crippen LogP) is 1.54. The largest absolute Gasteiger partial charge is 0.391 e. The molecule has 0 spiro atoms. The second kappa shape index (κ2) is 5.84. The van der Waals surface area contributed by atoms with Crippen molar-refractivity contribution in [3.63, 3.8) is 0 Å². The maximum Gasteiger partial charge on any atom is 0.0739 e. The van der Waals surface area contributed by atoms with Crippen molar-refractivity contribution in [2.75, 3.05) is 26.2 Å². The molecule has 0 amide bonds. The van der Waals surface area contributed by atoms with E-state index in [-0.39, 0.29) is 6.10 Å². The first-order valence-electron chi connectivity index (χ1n) is 7.88. The minimum Gasteiger partial charge on any atom is -0.391 e. The first-order valence-corrected chi connectivity index (χ1v) is 7.88. The van der Waals surface area contributed by atoms with E-state index in [9.17, 15) is 5.11 Å². The van der Waals surface area contributed by atoms with E-state index < -0.39 is 0 Å². The minimum atomic E-state index is -0.213. The Bertz CT molecular complexity index is 452. The van der Waals surface area contributed by atoms with Crippen LogP contribution in [0.2, 0.25) is 0 Å². The molecule has 2 aliphatic rings. The summed E-state index contributed by atoms with van der Waals surface area (Å²) in [5, 5.41) is 10.5. The van der Waals surface area contributed by atoms with E-state index in [1.807, 2.05) is 0 Å². The van der Waals surface area contributed by atoms with Crippen LogP contribution in [0.25, 0.3) is 0 Å². The number of hydrogen-bond acceptors (Lipinski definition) is 3. The normalized spacial score (nSPS) is 28.6. The summed E-state index contributed by atoms with van der Waals surface area (Å²) in [7, 11) is 0. The van der Waals surface area contributed by atoms with E-state index >= 15 is 0 Å². The zero-order chi connectivity index (χ0) is 14.1. The summed E-state index contributed by atoms with van der Waals surface area (Å²) in [6.07, 6.45) is 1.60. The molecule has 0 saturated carbocycles. The van der Waals surface area contributed by atoms with Crippen LogP contribution in [0.5, 0.6) is 0 Å². The number of piperazine rings is 1. The number of aliphatic hydroxyl groups is 1. The monoisotopic (exact) mass is 274 g/mol. The van der Waals surface area contributed by atoms with Gasteiger partial charge in [0.1, 0.15) is 0 Å². The smallest absolute Gasteiger partial charge is 0.0739 e. The van der Waals surface area contributed by atoms with Gasteiger partial charge in [0.15, 0.2) is 0 Å². The highest BCUT2D eigenvalue weighted by molar-refractivity contribution is 5.31. The molecule has 1 aromatic carbocycles. The van der Waals surface area contributed by atoms with Gasteiger partial charge < -0.3 is 5.11 Å². The van der Waals surface area contributed by atoms with Gasteiger partial charge in [0.05, 0.1) is 6.10 Å². The van der Waals surface area contributed by atoms with E-state index in [4.69, 9.17) is 0 Å². The van der Waals surface area contributed by atoms with Crippen LogP contribution in [-0.2, 0) is 12.8 Å². The third-order valence-electron chi connectivity index (χ3n) is 4.97. The lowest BCUT2D eigenvalue weighted by atomic mass is 9.85. The molecule has 3 nitrogen and oxygen atoms in total. The van der Waals surface area contributed by atoms with Crippen molar-refractivity contribution in [1.29, 1.82) is 0 Å². The highest BCUT2D eigenvalue weighted by Crippen LogP contribution is 2.25. The van der Waals surface area contributed by atoms with Crippen molar-refractivity contribution in [2.45, 2.75) is 44.9 Å². The van der Waals surface area contributed by atoms with Gasteiger partial charge in [-0.15, -0.1) is 0 Å². The van der Waals surface area contributed by atoms with E-state index in [0.717, 1.165) is 39.0 Å². The molecule has 1 heterocycles. The van der Waals surface area contributed by atoms with E-state index in [1.54, 1.807) is 0 Å². The average molecular weight is 274 g/mol. The van der Waals surface area contributed by atoms with Gasteiger partial charge in [-0.25, -0.2) is 0 Å². The average Bonchev–Trinajstić information content (AvgIpc) is 2.46. The molecule has 110 valence electrons. The van der Waals surface area contributed by atoms with Gasteiger partial charge in [-0.05, 0) is 31.4 Å². The van der Waals surface area contributed by atoms with E-state index in [2.05, 4.69) is 47.9 Å². The van der Waals surface area contributed by atoms with Crippen molar-refractivity contribution < 1.29 is 5.11 Å². The Morgan fingerprint density at radius 1 is 1.00 bits per heavy atom. The highest BCUT2D eigenvalue weighted by Gasteiger charge is 2.33. The third kappa shape index (κ3) is 2.76. The van der Waals surface area contributed by atoms with Gasteiger partial charge >= 0.3 is 0 Å². The number of benzene rings is 1. The highest BCUT2D eigenvalue weighted by atomic mass is 16.3. The molecule has 0 bridgehead atoms. The molecule has 1 N–H and O–H groups in total. The molecular formula is C17H26N2O. The van der Waals surface area contributed by atoms with Gasteiger partial charge in [-0.1, -0.05) is 24.3 Å². The Kier molecular flexibility index (Phi) is 4.11. The summed E-state index contributed by atoms with van der Waals surface area (Å²) < 4.78 is 0. The van der Waals surface area contributed by atoms with Crippen molar-refractivity contribution in [2.24, 2.45) is 0 Å². The van der Waals surface area contributed by atoms with Crippen LogP contribution in [0.1, 0.15) is 25.0 Å². The van der Waals surface area contributed by atoms with Crippen LogP contribution in [-0.4, -0.2) is 59.3 Å². The van der Waals surface area contributed by atoms with E-state index in [0.29, 0.717) is 12.1 Å². The zero-order valence-electron chi connectivity index (χ0n) is 12.6. The molecule has 0 aromatic heterocycles. The first-order chi connectivity index (χ1) is 9.65. The number of nitrogens with zero attached hydrogens (tertiary/aromatic N) is 2. The number of fused-ring (bicyclic) bond motifs is 1. The summed E-state index contributed by atoms with van der Waals surface area (Å²) in [5.74, 6) is 0. The molecule has 3 heteroatoms. The summed E-state index contributed by atoms with van der Waals surface area (Å²) in [5.41, 5.74) is 2.76. The molecule has 0 radical (unpaired) electrons. The summed E-state index contributed by atoms with van der Waals surface area (Å²) in [6, 6.07) is 9.51. The van der Waals surface area contributed by atoms with Gasteiger partial charge in [0.2, 0.25) is 0 Å². The fourth-order valence-corrected chi connectivity index (χ4v) is 3.64. The van der Waals surface area contributed by atoms with Crippen molar-refractivity contribution in [3.05, 3.63) is 35.4 Å². The Hall–Kier alpha value is -0.900. The molecule has 1 aliphatic carbocycles. The molecular weight excluding hydrogens is 248 g/mol. The summed E-state index contributed by atoms with van der Waals surface area (Å²) in [6.45, 7) is 8.96. The fourth-order valence-electron chi connectivity index (χ4n) is 3.64. The SMILES string of the molecule is CC(C)N1CCN(C2Cc3ccccc3CC2O)CC1. The Morgan fingerprint density at radius 2 is 1.60 bits per heavy atom. The van der Waals surface area contributed by atoms with Gasteiger partial charge in [0, 0.05) is 44.7 Å². The zero-order valence-corrected chi connectivity index (χ0v) is 12.6. The molecule has 20 heavy (non-hydrogen) atoms. The minimum absolute atomic E-state index is 0.213. The van der Waals surface area contributed by atoms with Crippen LogP contribution >= 0.6 is 0 Å². The Morgan fingerprint density at radius 3 is 2.20 bits per heavy atom. The molecule has 3 rings (SSSR count). The lowest BCUT2D eigenvalue weighted by Gasteiger charge is -2.44. The van der Waals surface area contributed by atoms with Crippen molar-refractivity contribution >= 4 is 0 Å². The van der Waals surface area contributed by atoms with Gasteiger partial charge in [-0.2, -0.15) is 0 Å². The van der Waals surface area contributed by atoms with Crippen molar-refractivity contribution in [1.82, 2.24) is 9.80 Å². The molecule has 2 atom stereocenters. The van der Waals surface area contributed by atoms with Crippen LogP contribution in [0, 0.1) is 0 Å². The van der Waals surface area contributed by atoms with Crippen LogP contribution in [0.15, 0.2) is 24.3 Å². The van der Waals surface area contributed by atoms with Gasteiger partial charge in [0.25, 0.3) is 0 Å². The van der Waals surface area contributed by atoms with Gasteiger partial charge in [-0.3, -0.25) is 9.80 Å². The van der Waals surface area contributed by atoms with E-state index in [1.165, 1.54) is 11.1 Å². The quantitative estimate of drug-likeness (QED) is 0.886. The number of rotatable bonds is 2. The summed E-state index contributed by atoms with van der Waals surface area (Å²) in [4.78, 5) is 5.03. The standard InChI is InChI=1S/C17H26N2O/c1-13(2)18-7-9-19(10-8-18)16-11-14-5-3-4-6-15(14)12-17(16)20/h3-6,13,16-17,20H,7-12H2,1-2H3. The second-order valence-corrected chi connectivity index (χ2v) is 6.48. The molecule has 1 aromatic rings. The maximum absolute atomic E-state index is 10.5. The molecule has 1 fully saturated rings. The van der Waals surface area contributed by atoms with Crippen LogP contribution in [0.4, 0.5) is 0 Å². The predicted molar refractivity (Wildman–Crippen MR) is 81.9 cm³/mol. The second-order valence-electron chi connectivity index (χ2n) is 6.48. The lowest BCUT2D eigenvalue weighted by Crippen LogP contribution is -2.56. The summed E-state index contributed by atoms with van der Waals surface area (Å²) >= 11 is 0. The fraction of sp³-hybridized carbons (Fsp3) is 0.647. The third-order valence-corrected chi connectivity index (χ3v) is 4.97. The van der Waals surface area contributed by atoms with Crippen LogP contribution < -0.4 is 0 Å². The topological polar surface area (TPSA) is 26.7 Å². The lowest BCUT2D eigenvalue weighted by molar-refractivity contribution is 0.00835. The van der Waals surface area contributed by atoms with Crippen LogP contribution in [0.3, 0.4) is 0 Å². The number of hydrogen-bond donors (Lipinski definition) is 1. The molecule has 2 unspecified atom stereocenters. The molecule has 1 aliphatic heterocycles. The molecule has 1 saturated heterocycles. The Balaban J connectivity index is 1.67. The number of aliphatic hydroxyl groups excluding tert-OH is 1.